The molecule has 0 N–H and O–H groups in total. The first kappa shape index (κ1) is 19.8. The van der Waals surface area contributed by atoms with Gasteiger partial charge < -0.3 is 9.64 Å². The predicted molar refractivity (Wildman–Crippen MR) is 109 cm³/mol. The van der Waals surface area contributed by atoms with Gasteiger partial charge in [-0.3, -0.25) is 19.3 Å². The van der Waals surface area contributed by atoms with Crippen LogP contribution in [0.25, 0.3) is 0 Å². The van der Waals surface area contributed by atoms with E-state index in [9.17, 15) is 19.2 Å². The maximum atomic E-state index is 13.0. The Morgan fingerprint density at radius 2 is 1.53 bits per heavy atom. The zero-order chi connectivity index (χ0) is 21.6. The summed E-state index contributed by atoms with van der Waals surface area (Å²) in [5.74, 6) is -2.22. The normalized spacial score (nSPS) is 19.4. The number of nitrogens with zero attached hydrogens (tertiary/aromatic N) is 2. The summed E-state index contributed by atoms with van der Waals surface area (Å²) in [4.78, 5) is 53.4. The SMILES string of the molecule is C[C@H](OC(=O)[C@@H](C)N1C(=O)c2ccccc2C1=O)C(=O)N1c2ccccc2C[C@@H]1C. The van der Waals surface area contributed by atoms with Gasteiger partial charge in [-0.2, -0.15) is 0 Å². The van der Waals surface area contributed by atoms with Crippen molar-refractivity contribution in [1.82, 2.24) is 4.90 Å². The third kappa shape index (κ3) is 3.07. The summed E-state index contributed by atoms with van der Waals surface area (Å²) in [5, 5.41) is 0. The zero-order valence-corrected chi connectivity index (χ0v) is 17.0. The molecule has 0 bridgehead atoms. The third-order valence-electron chi connectivity index (χ3n) is 5.64. The van der Waals surface area contributed by atoms with E-state index in [2.05, 4.69) is 0 Å². The van der Waals surface area contributed by atoms with Crippen molar-refractivity contribution >= 4 is 29.4 Å². The lowest BCUT2D eigenvalue weighted by Gasteiger charge is -2.27. The van der Waals surface area contributed by atoms with E-state index in [1.165, 1.54) is 13.8 Å². The fraction of sp³-hybridized carbons (Fsp3) is 0.304. The van der Waals surface area contributed by atoms with Gasteiger partial charge in [-0.1, -0.05) is 30.3 Å². The number of para-hydroxylation sites is 1. The topological polar surface area (TPSA) is 84.0 Å². The molecule has 0 unspecified atom stereocenters. The molecule has 0 spiro atoms. The van der Waals surface area contributed by atoms with E-state index in [4.69, 9.17) is 4.74 Å². The average molecular weight is 406 g/mol. The lowest BCUT2D eigenvalue weighted by molar-refractivity contribution is -0.157. The van der Waals surface area contributed by atoms with Gasteiger partial charge in [0.25, 0.3) is 17.7 Å². The first-order valence-corrected chi connectivity index (χ1v) is 9.89. The van der Waals surface area contributed by atoms with Crippen LogP contribution in [0, 0.1) is 0 Å². The minimum Gasteiger partial charge on any atom is -0.451 e. The molecule has 0 aromatic heterocycles. The van der Waals surface area contributed by atoms with E-state index in [0.717, 1.165) is 22.6 Å². The minimum atomic E-state index is -1.14. The van der Waals surface area contributed by atoms with Gasteiger partial charge in [0, 0.05) is 11.7 Å². The summed E-state index contributed by atoms with van der Waals surface area (Å²) in [6, 6.07) is 12.8. The highest BCUT2D eigenvalue weighted by Crippen LogP contribution is 2.32. The Morgan fingerprint density at radius 3 is 2.17 bits per heavy atom. The predicted octanol–water partition coefficient (Wildman–Crippen LogP) is 2.58. The highest BCUT2D eigenvalue weighted by molar-refractivity contribution is 6.22. The first-order valence-electron chi connectivity index (χ1n) is 9.89. The van der Waals surface area contributed by atoms with Crippen LogP contribution < -0.4 is 4.90 Å². The van der Waals surface area contributed by atoms with Crippen LogP contribution in [0.15, 0.2) is 48.5 Å². The number of hydrogen-bond acceptors (Lipinski definition) is 5. The van der Waals surface area contributed by atoms with Crippen molar-refractivity contribution in [1.29, 1.82) is 0 Å². The van der Waals surface area contributed by atoms with Gasteiger partial charge in [0.1, 0.15) is 6.04 Å². The molecule has 0 aliphatic carbocycles. The second-order valence-electron chi connectivity index (χ2n) is 7.67. The van der Waals surface area contributed by atoms with E-state index in [0.29, 0.717) is 0 Å². The van der Waals surface area contributed by atoms with Gasteiger partial charge in [-0.25, -0.2) is 4.79 Å². The van der Waals surface area contributed by atoms with Gasteiger partial charge >= 0.3 is 5.97 Å². The lowest BCUT2D eigenvalue weighted by Crippen LogP contribution is -2.47. The summed E-state index contributed by atoms with van der Waals surface area (Å²) in [5.41, 5.74) is 2.39. The molecule has 2 aliphatic rings. The van der Waals surface area contributed by atoms with Gasteiger partial charge in [-0.05, 0) is 51.0 Å². The Morgan fingerprint density at radius 1 is 0.967 bits per heavy atom. The summed E-state index contributed by atoms with van der Waals surface area (Å²) >= 11 is 0. The van der Waals surface area contributed by atoms with Crippen LogP contribution in [-0.2, 0) is 20.7 Å². The summed E-state index contributed by atoms with van der Waals surface area (Å²) < 4.78 is 5.38. The standard InChI is InChI=1S/C23H22N2O5/c1-13-12-16-8-4-7-11-19(16)24(13)20(26)15(3)30-23(29)14(2)25-21(27)17-9-5-6-10-18(17)22(25)28/h4-11,13-15H,12H2,1-3H3/t13-,14+,15-/m0/s1. The summed E-state index contributed by atoms with van der Waals surface area (Å²) in [6.07, 6.45) is -0.322. The molecule has 2 aromatic carbocycles. The third-order valence-corrected chi connectivity index (χ3v) is 5.64. The van der Waals surface area contributed by atoms with Gasteiger partial charge in [-0.15, -0.1) is 0 Å². The summed E-state index contributed by atoms with van der Waals surface area (Å²) in [7, 11) is 0. The molecule has 2 aromatic rings. The number of fused-ring (bicyclic) bond motifs is 2. The molecular weight excluding hydrogens is 384 g/mol. The lowest BCUT2D eigenvalue weighted by atomic mass is 10.1. The van der Waals surface area contributed by atoms with E-state index in [1.54, 1.807) is 29.2 Å². The number of anilines is 1. The van der Waals surface area contributed by atoms with Crippen molar-refractivity contribution in [2.24, 2.45) is 0 Å². The van der Waals surface area contributed by atoms with E-state index in [1.807, 2.05) is 31.2 Å². The van der Waals surface area contributed by atoms with Crippen molar-refractivity contribution in [3.8, 4) is 0 Å². The number of benzene rings is 2. The molecule has 4 rings (SSSR count). The molecule has 0 radical (unpaired) electrons. The Labute approximate surface area is 174 Å². The van der Waals surface area contributed by atoms with Gasteiger partial charge in [0.2, 0.25) is 0 Å². The Hall–Kier alpha value is -3.48. The van der Waals surface area contributed by atoms with Crippen LogP contribution in [0.5, 0.6) is 0 Å². The zero-order valence-electron chi connectivity index (χ0n) is 17.0. The number of amides is 3. The van der Waals surface area contributed by atoms with Crippen LogP contribution in [0.4, 0.5) is 5.69 Å². The maximum Gasteiger partial charge on any atom is 0.329 e. The van der Waals surface area contributed by atoms with Crippen molar-refractivity contribution in [3.63, 3.8) is 0 Å². The highest BCUT2D eigenvalue weighted by Gasteiger charge is 2.42. The fourth-order valence-corrected chi connectivity index (χ4v) is 4.09. The quantitative estimate of drug-likeness (QED) is 0.576. The first-order chi connectivity index (χ1) is 14.3. The van der Waals surface area contributed by atoms with Gasteiger partial charge in [0.05, 0.1) is 11.1 Å². The number of rotatable bonds is 4. The van der Waals surface area contributed by atoms with E-state index >= 15 is 0 Å². The van der Waals surface area contributed by atoms with Crippen LogP contribution in [0.1, 0.15) is 47.1 Å². The summed E-state index contributed by atoms with van der Waals surface area (Å²) in [6.45, 7) is 4.87. The molecule has 0 fully saturated rings. The second-order valence-corrected chi connectivity index (χ2v) is 7.67. The minimum absolute atomic E-state index is 0.0512. The number of hydrogen-bond donors (Lipinski definition) is 0. The van der Waals surface area contributed by atoms with Crippen LogP contribution in [0.2, 0.25) is 0 Å². The maximum absolute atomic E-state index is 13.0. The number of esters is 1. The van der Waals surface area contributed by atoms with Crippen molar-refractivity contribution in [2.45, 2.75) is 45.4 Å². The van der Waals surface area contributed by atoms with Gasteiger partial charge in [0.15, 0.2) is 6.10 Å². The molecule has 30 heavy (non-hydrogen) atoms. The number of ether oxygens (including phenoxy) is 1. The molecule has 154 valence electrons. The largest absolute Gasteiger partial charge is 0.451 e. The molecule has 3 amide bonds. The average Bonchev–Trinajstić information content (AvgIpc) is 3.20. The number of imide groups is 1. The van der Waals surface area contributed by atoms with Crippen LogP contribution >= 0.6 is 0 Å². The monoisotopic (exact) mass is 406 g/mol. The van der Waals surface area contributed by atoms with Crippen molar-refractivity contribution in [2.75, 3.05) is 4.90 Å². The molecule has 0 saturated heterocycles. The van der Waals surface area contributed by atoms with Crippen molar-refractivity contribution < 1.29 is 23.9 Å². The second kappa shape index (κ2) is 7.40. The smallest absolute Gasteiger partial charge is 0.329 e. The van der Waals surface area contributed by atoms with Crippen LogP contribution in [0.3, 0.4) is 0 Å². The molecular formula is C23H22N2O5. The number of carbonyl (C=O) groups excluding carboxylic acids is 4. The van der Waals surface area contributed by atoms with Crippen molar-refractivity contribution in [3.05, 3.63) is 65.2 Å². The molecule has 0 saturated carbocycles. The number of carbonyl (C=O) groups is 4. The molecule has 7 heteroatoms. The Balaban J connectivity index is 1.47. The fourth-order valence-electron chi connectivity index (χ4n) is 4.09. The van der Waals surface area contributed by atoms with Crippen LogP contribution in [-0.4, -0.2) is 46.8 Å². The Kier molecular flexibility index (Phi) is 4.89. The van der Waals surface area contributed by atoms with E-state index < -0.39 is 29.9 Å². The Bertz CT molecular complexity index is 1030. The molecule has 2 heterocycles. The highest BCUT2D eigenvalue weighted by atomic mass is 16.5. The molecule has 7 nitrogen and oxygen atoms in total. The molecule has 2 aliphatic heterocycles. The molecule has 3 atom stereocenters. The van der Waals surface area contributed by atoms with E-state index in [-0.39, 0.29) is 23.1 Å².